The van der Waals surface area contributed by atoms with Gasteiger partial charge < -0.3 is 15.3 Å². The van der Waals surface area contributed by atoms with Crippen LogP contribution in [0.2, 0.25) is 0 Å². The Kier molecular flexibility index (Phi) is 10.2. The van der Waals surface area contributed by atoms with Gasteiger partial charge in [-0.25, -0.2) is 0 Å². The van der Waals surface area contributed by atoms with Gasteiger partial charge in [-0.05, 0) is 187 Å². The SMILES string of the molecule is Cc1cc(Cc2cc(Cc3cc(C)c(C)c(Cc4ccc(O)cc4)c3C)c(O)c(C3CCCCC3)c2)c(C)c(Cc2ccc(O)cc2)c1C. The average Bonchev–Trinajstić information content (AvgIpc) is 3.09. The number of phenols is 3. The summed E-state index contributed by atoms with van der Waals surface area (Å²) < 4.78 is 0. The van der Waals surface area contributed by atoms with Gasteiger partial charge >= 0.3 is 0 Å². The Morgan fingerprint density at radius 2 is 0.939 bits per heavy atom. The summed E-state index contributed by atoms with van der Waals surface area (Å²) in [5.74, 6) is 1.46. The van der Waals surface area contributed by atoms with Crippen molar-refractivity contribution in [2.45, 2.75) is 105 Å². The number of hydrogen-bond donors (Lipinski definition) is 3. The molecular weight excluding hydrogens is 601 g/mol. The van der Waals surface area contributed by atoms with Crippen LogP contribution in [0.15, 0.2) is 72.8 Å². The van der Waals surface area contributed by atoms with E-state index < -0.39 is 0 Å². The van der Waals surface area contributed by atoms with Crippen molar-refractivity contribution in [2.75, 3.05) is 0 Å². The lowest BCUT2D eigenvalue weighted by Gasteiger charge is -2.25. The minimum Gasteiger partial charge on any atom is -0.508 e. The number of rotatable bonds is 9. The molecular formula is C46H52O3. The van der Waals surface area contributed by atoms with Crippen molar-refractivity contribution in [3.8, 4) is 17.2 Å². The second-order valence-electron chi connectivity index (χ2n) is 14.7. The summed E-state index contributed by atoms with van der Waals surface area (Å²) in [5.41, 5.74) is 18.9. The van der Waals surface area contributed by atoms with Crippen LogP contribution in [0, 0.1) is 41.5 Å². The Morgan fingerprint density at radius 3 is 1.43 bits per heavy atom. The van der Waals surface area contributed by atoms with Crippen molar-refractivity contribution in [1.29, 1.82) is 0 Å². The van der Waals surface area contributed by atoms with E-state index in [-0.39, 0.29) is 5.75 Å². The molecule has 5 aromatic rings. The molecule has 49 heavy (non-hydrogen) atoms. The van der Waals surface area contributed by atoms with Gasteiger partial charge in [0.1, 0.15) is 17.2 Å². The second-order valence-corrected chi connectivity index (χ2v) is 14.7. The van der Waals surface area contributed by atoms with E-state index in [1.165, 1.54) is 91.6 Å². The third-order valence-electron chi connectivity index (χ3n) is 11.5. The molecule has 3 N–H and O–H groups in total. The number of aryl methyl sites for hydroxylation is 2. The predicted molar refractivity (Wildman–Crippen MR) is 203 cm³/mol. The van der Waals surface area contributed by atoms with Crippen LogP contribution >= 0.6 is 0 Å². The van der Waals surface area contributed by atoms with E-state index in [1.807, 2.05) is 24.3 Å². The molecule has 3 heteroatoms. The smallest absolute Gasteiger partial charge is 0.122 e. The standard InChI is InChI=1S/C46H52O3/c1-28-20-38(32(5)43(30(28)3)24-34-12-16-41(47)17-13-34)22-36-23-40(46(49)45(26-36)37-10-8-7-9-11-37)27-39-21-29(2)31(4)44(33(39)6)25-35-14-18-42(48)19-15-35/h12-21,23,26,37,47-49H,7-11,22,24-25,27H2,1-6H3. The number of phenolic OH excluding ortho intramolecular Hbond substituents is 3. The quantitative estimate of drug-likeness (QED) is 0.148. The second kappa shape index (κ2) is 14.5. The van der Waals surface area contributed by atoms with E-state index in [9.17, 15) is 15.3 Å². The first-order chi connectivity index (χ1) is 23.5. The van der Waals surface area contributed by atoms with Gasteiger partial charge in [0, 0.05) is 6.42 Å². The largest absolute Gasteiger partial charge is 0.508 e. The molecule has 3 nitrogen and oxygen atoms in total. The third kappa shape index (κ3) is 7.57. The van der Waals surface area contributed by atoms with Gasteiger partial charge in [0.25, 0.3) is 0 Å². The van der Waals surface area contributed by atoms with Crippen molar-refractivity contribution in [3.63, 3.8) is 0 Å². The molecule has 0 heterocycles. The van der Waals surface area contributed by atoms with Crippen molar-refractivity contribution in [1.82, 2.24) is 0 Å². The highest BCUT2D eigenvalue weighted by molar-refractivity contribution is 5.54. The lowest BCUT2D eigenvalue weighted by molar-refractivity contribution is 0.411. The summed E-state index contributed by atoms with van der Waals surface area (Å²) in [5, 5.41) is 31.6. The Bertz CT molecular complexity index is 1960. The molecule has 1 saturated carbocycles. The van der Waals surface area contributed by atoms with Crippen LogP contribution in [0.1, 0.15) is 121 Å². The molecule has 0 saturated heterocycles. The van der Waals surface area contributed by atoms with Crippen LogP contribution in [0.25, 0.3) is 0 Å². The lowest BCUT2D eigenvalue weighted by atomic mass is 9.80. The van der Waals surface area contributed by atoms with E-state index in [4.69, 9.17) is 0 Å². The molecule has 0 amide bonds. The van der Waals surface area contributed by atoms with Crippen LogP contribution in [-0.2, 0) is 25.7 Å². The fourth-order valence-electron chi connectivity index (χ4n) is 8.09. The minimum absolute atomic E-state index is 0.288. The molecule has 0 aromatic heterocycles. The Morgan fingerprint density at radius 1 is 0.469 bits per heavy atom. The highest BCUT2D eigenvalue weighted by Gasteiger charge is 2.23. The van der Waals surface area contributed by atoms with E-state index in [2.05, 4.69) is 65.8 Å². The number of benzene rings is 5. The van der Waals surface area contributed by atoms with Gasteiger partial charge in [-0.3, -0.25) is 0 Å². The topological polar surface area (TPSA) is 60.7 Å². The highest BCUT2D eigenvalue weighted by atomic mass is 16.3. The number of hydrogen-bond acceptors (Lipinski definition) is 3. The molecule has 254 valence electrons. The van der Waals surface area contributed by atoms with Crippen LogP contribution in [0.3, 0.4) is 0 Å². The zero-order valence-electron chi connectivity index (χ0n) is 30.2. The molecule has 0 atom stereocenters. The molecule has 0 radical (unpaired) electrons. The molecule has 0 aliphatic heterocycles. The predicted octanol–water partition coefficient (Wildman–Crippen LogP) is 11.1. The van der Waals surface area contributed by atoms with Crippen molar-refractivity contribution in [2.24, 2.45) is 0 Å². The molecule has 1 aliphatic carbocycles. The molecule has 0 spiro atoms. The molecule has 1 fully saturated rings. The van der Waals surface area contributed by atoms with Crippen molar-refractivity contribution >= 4 is 0 Å². The summed E-state index contributed by atoms with van der Waals surface area (Å²) in [6, 6.07) is 24.4. The van der Waals surface area contributed by atoms with Gasteiger partial charge in [0.05, 0.1) is 0 Å². The summed E-state index contributed by atoms with van der Waals surface area (Å²) in [6.07, 6.45) is 9.14. The third-order valence-corrected chi connectivity index (χ3v) is 11.5. The van der Waals surface area contributed by atoms with Crippen molar-refractivity contribution in [3.05, 3.63) is 156 Å². The molecule has 6 rings (SSSR count). The molecule has 5 aromatic carbocycles. The molecule has 0 bridgehead atoms. The Balaban J connectivity index is 1.39. The van der Waals surface area contributed by atoms with Gasteiger partial charge in [-0.2, -0.15) is 0 Å². The normalized spacial score (nSPS) is 13.6. The summed E-state index contributed by atoms with van der Waals surface area (Å²) in [7, 11) is 0. The van der Waals surface area contributed by atoms with Crippen LogP contribution in [0.5, 0.6) is 17.2 Å². The first-order valence-electron chi connectivity index (χ1n) is 18.1. The van der Waals surface area contributed by atoms with E-state index >= 15 is 0 Å². The monoisotopic (exact) mass is 652 g/mol. The van der Waals surface area contributed by atoms with Gasteiger partial charge in [-0.1, -0.05) is 67.8 Å². The summed E-state index contributed by atoms with van der Waals surface area (Å²) in [4.78, 5) is 0. The van der Waals surface area contributed by atoms with E-state index in [1.54, 1.807) is 24.3 Å². The van der Waals surface area contributed by atoms with Crippen LogP contribution in [-0.4, -0.2) is 15.3 Å². The Hall–Kier alpha value is -4.50. The van der Waals surface area contributed by atoms with Gasteiger partial charge in [0.15, 0.2) is 0 Å². The van der Waals surface area contributed by atoms with Gasteiger partial charge in [0.2, 0.25) is 0 Å². The average molecular weight is 653 g/mol. The summed E-state index contributed by atoms with van der Waals surface area (Å²) >= 11 is 0. The van der Waals surface area contributed by atoms with Crippen LogP contribution in [0.4, 0.5) is 0 Å². The maximum Gasteiger partial charge on any atom is 0.122 e. The number of aromatic hydroxyl groups is 3. The first-order valence-corrected chi connectivity index (χ1v) is 18.1. The zero-order valence-corrected chi connectivity index (χ0v) is 30.2. The highest BCUT2D eigenvalue weighted by Crippen LogP contribution is 2.41. The maximum absolute atomic E-state index is 12.0. The maximum atomic E-state index is 12.0. The minimum atomic E-state index is 0.288. The van der Waals surface area contributed by atoms with Crippen LogP contribution < -0.4 is 0 Å². The zero-order chi connectivity index (χ0) is 34.8. The fourth-order valence-corrected chi connectivity index (χ4v) is 8.09. The van der Waals surface area contributed by atoms with Gasteiger partial charge in [-0.15, -0.1) is 0 Å². The fraction of sp³-hybridized carbons (Fsp3) is 0.348. The van der Waals surface area contributed by atoms with E-state index in [0.717, 1.165) is 43.2 Å². The molecule has 0 unspecified atom stereocenters. The Labute approximate surface area is 293 Å². The lowest BCUT2D eigenvalue weighted by Crippen LogP contribution is -2.09. The molecule has 1 aliphatic rings. The summed E-state index contributed by atoms with van der Waals surface area (Å²) in [6.45, 7) is 13.3. The first kappa shape index (κ1) is 34.4. The van der Waals surface area contributed by atoms with Crippen molar-refractivity contribution < 1.29 is 15.3 Å². The van der Waals surface area contributed by atoms with E-state index in [0.29, 0.717) is 23.8 Å².